The third kappa shape index (κ3) is 2.61. The largest absolute Gasteiger partial charge is 0.397 e. The highest BCUT2D eigenvalue weighted by atomic mass is 16.5. The topological polar surface area (TPSA) is 47.6 Å². The maximum absolute atomic E-state index is 5.87. The second-order valence-corrected chi connectivity index (χ2v) is 4.77. The first kappa shape index (κ1) is 11.1. The standard InChI is InChI=1S/C13H18N2O/c1-13(2)9-10(7-8-16-13)15-12-6-4-3-5-11(12)14/h3-6H,7-9,14H2,1-2H3. The lowest BCUT2D eigenvalue weighted by atomic mass is 9.96. The summed E-state index contributed by atoms with van der Waals surface area (Å²) in [5, 5.41) is 0. The van der Waals surface area contributed by atoms with Crippen LogP contribution in [-0.4, -0.2) is 17.9 Å². The van der Waals surface area contributed by atoms with Crippen LogP contribution in [0.4, 0.5) is 11.4 Å². The van der Waals surface area contributed by atoms with Gasteiger partial charge in [-0.3, -0.25) is 4.99 Å². The summed E-state index contributed by atoms with van der Waals surface area (Å²) in [4.78, 5) is 4.62. The molecule has 86 valence electrons. The van der Waals surface area contributed by atoms with Crippen molar-refractivity contribution in [3.8, 4) is 0 Å². The maximum Gasteiger partial charge on any atom is 0.0858 e. The zero-order valence-corrected chi connectivity index (χ0v) is 9.86. The quantitative estimate of drug-likeness (QED) is 0.737. The van der Waals surface area contributed by atoms with Crippen LogP contribution in [0, 0.1) is 0 Å². The Hall–Kier alpha value is -1.35. The molecule has 0 unspecified atom stereocenters. The van der Waals surface area contributed by atoms with Crippen LogP contribution in [0.15, 0.2) is 29.3 Å². The van der Waals surface area contributed by atoms with E-state index in [2.05, 4.69) is 18.8 Å². The summed E-state index contributed by atoms with van der Waals surface area (Å²) in [7, 11) is 0. The van der Waals surface area contributed by atoms with Gasteiger partial charge in [-0.15, -0.1) is 0 Å². The lowest BCUT2D eigenvalue weighted by Crippen LogP contribution is -2.34. The molecule has 0 radical (unpaired) electrons. The highest BCUT2D eigenvalue weighted by molar-refractivity contribution is 5.89. The monoisotopic (exact) mass is 218 g/mol. The number of para-hydroxylation sites is 2. The Morgan fingerprint density at radius 2 is 2.06 bits per heavy atom. The van der Waals surface area contributed by atoms with E-state index in [9.17, 15) is 0 Å². The van der Waals surface area contributed by atoms with Gasteiger partial charge in [0.2, 0.25) is 0 Å². The minimum atomic E-state index is -0.0966. The molecule has 3 heteroatoms. The molecule has 0 saturated carbocycles. The Bertz CT molecular complexity index is 410. The number of hydrogen-bond donors (Lipinski definition) is 1. The van der Waals surface area contributed by atoms with Crippen molar-refractivity contribution < 1.29 is 4.74 Å². The molecule has 1 aromatic rings. The molecule has 16 heavy (non-hydrogen) atoms. The minimum Gasteiger partial charge on any atom is -0.397 e. The maximum atomic E-state index is 5.87. The predicted octanol–water partition coefficient (Wildman–Crippen LogP) is 2.93. The Morgan fingerprint density at radius 3 is 2.75 bits per heavy atom. The van der Waals surface area contributed by atoms with Crippen LogP contribution < -0.4 is 5.73 Å². The number of ether oxygens (including phenoxy) is 1. The predicted molar refractivity (Wildman–Crippen MR) is 67.2 cm³/mol. The smallest absolute Gasteiger partial charge is 0.0858 e. The van der Waals surface area contributed by atoms with Crippen molar-refractivity contribution in [2.75, 3.05) is 12.3 Å². The Kier molecular flexibility index (Phi) is 2.97. The summed E-state index contributed by atoms with van der Waals surface area (Å²) in [6.07, 6.45) is 1.78. The molecule has 1 fully saturated rings. The third-order valence-corrected chi connectivity index (χ3v) is 2.73. The van der Waals surface area contributed by atoms with E-state index in [0.717, 1.165) is 30.8 Å². The summed E-state index contributed by atoms with van der Waals surface area (Å²) < 4.78 is 5.65. The van der Waals surface area contributed by atoms with Gasteiger partial charge in [-0.2, -0.15) is 0 Å². The summed E-state index contributed by atoms with van der Waals surface area (Å²) in [6.45, 7) is 4.94. The van der Waals surface area contributed by atoms with Crippen LogP contribution in [-0.2, 0) is 4.74 Å². The molecule has 3 nitrogen and oxygen atoms in total. The van der Waals surface area contributed by atoms with Crippen LogP contribution in [0.2, 0.25) is 0 Å². The van der Waals surface area contributed by atoms with Crippen molar-refractivity contribution in [1.82, 2.24) is 0 Å². The van der Waals surface area contributed by atoms with Gasteiger partial charge >= 0.3 is 0 Å². The second-order valence-electron chi connectivity index (χ2n) is 4.77. The van der Waals surface area contributed by atoms with Gasteiger partial charge in [0.1, 0.15) is 0 Å². The molecule has 1 aromatic carbocycles. The van der Waals surface area contributed by atoms with Gasteiger partial charge in [-0.05, 0) is 26.0 Å². The van der Waals surface area contributed by atoms with Gasteiger partial charge in [0.15, 0.2) is 0 Å². The zero-order chi connectivity index (χ0) is 11.6. The molecule has 1 saturated heterocycles. The van der Waals surface area contributed by atoms with E-state index in [0.29, 0.717) is 0 Å². The van der Waals surface area contributed by atoms with Crippen LogP contribution in [0.25, 0.3) is 0 Å². The summed E-state index contributed by atoms with van der Waals surface area (Å²) in [5.41, 5.74) is 8.55. The van der Waals surface area contributed by atoms with E-state index in [-0.39, 0.29) is 5.60 Å². The Balaban J connectivity index is 2.21. The third-order valence-electron chi connectivity index (χ3n) is 2.73. The van der Waals surface area contributed by atoms with Crippen molar-refractivity contribution in [3.05, 3.63) is 24.3 Å². The molecule has 0 atom stereocenters. The summed E-state index contributed by atoms with van der Waals surface area (Å²) in [5.74, 6) is 0. The second kappa shape index (κ2) is 4.26. The van der Waals surface area contributed by atoms with Gasteiger partial charge < -0.3 is 10.5 Å². The molecule has 0 amide bonds. The van der Waals surface area contributed by atoms with E-state index in [1.54, 1.807) is 0 Å². The average Bonchev–Trinajstić information content (AvgIpc) is 2.20. The lowest BCUT2D eigenvalue weighted by Gasteiger charge is -2.30. The van der Waals surface area contributed by atoms with E-state index in [1.807, 2.05) is 24.3 Å². The first-order valence-electron chi connectivity index (χ1n) is 5.62. The SMILES string of the molecule is CC1(C)CC(=Nc2ccccc2N)CCO1. The number of nitrogens with zero attached hydrogens (tertiary/aromatic N) is 1. The van der Waals surface area contributed by atoms with Gasteiger partial charge in [0.25, 0.3) is 0 Å². The van der Waals surface area contributed by atoms with Crippen molar-refractivity contribution >= 4 is 17.1 Å². The zero-order valence-electron chi connectivity index (χ0n) is 9.86. The Labute approximate surface area is 96.3 Å². The van der Waals surface area contributed by atoms with Crippen molar-refractivity contribution in [1.29, 1.82) is 0 Å². The fraction of sp³-hybridized carbons (Fsp3) is 0.462. The first-order chi connectivity index (χ1) is 7.57. The fourth-order valence-electron chi connectivity index (χ4n) is 1.93. The van der Waals surface area contributed by atoms with Gasteiger partial charge in [0.05, 0.1) is 23.6 Å². The molecule has 1 aliphatic heterocycles. The number of rotatable bonds is 1. The number of aliphatic imine (C=N–C) groups is 1. The molecule has 0 spiro atoms. The molecule has 1 aliphatic rings. The molecule has 0 bridgehead atoms. The number of benzene rings is 1. The molecule has 0 aromatic heterocycles. The van der Waals surface area contributed by atoms with Gasteiger partial charge in [-0.1, -0.05) is 12.1 Å². The van der Waals surface area contributed by atoms with E-state index >= 15 is 0 Å². The average molecular weight is 218 g/mol. The van der Waals surface area contributed by atoms with Crippen LogP contribution in [0.3, 0.4) is 0 Å². The van der Waals surface area contributed by atoms with Gasteiger partial charge in [-0.25, -0.2) is 0 Å². The van der Waals surface area contributed by atoms with Crippen LogP contribution in [0.5, 0.6) is 0 Å². The van der Waals surface area contributed by atoms with Crippen molar-refractivity contribution in [2.45, 2.75) is 32.3 Å². The van der Waals surface area contributed by atoms with Crippen LogP contribution >= 0.6 is 0 Å². The number of nitrogen functional groups attached to an aromatic ring is 1. The normalized spacial score (nSPS) is 22.2. The highest BCUT2D eigenvalue weighted by Gasteiger charge is 2.25. The number of nitrogens with two attached hydrogens (primary N) is 1. The van der Waals surface area contributed by atoms with Crippen molar-refractivity contribution in [2.24, 2.45) is 4.99 Å². The molecule has 2 N–H and O–H groups in total. The van der Waals surface area contributed by atoms with Gasteiger partial charge in [0, 0.05) is 18.6 Å². The molecular formula is C13H18N2O. The highest BCUT2D eigenvalue weighted by Crippen LogP contribution is 2.26. The lowest BCUT2D eigenvalue weighted by molar-refractivity contribution is -0.0198. The molecular weight excluding hydrogens is 200 g/mol. The van der Waals surface area contributed by atoms with E-state index < -0.39 is 0 Å². The first-order valence-corrected chi connectivity index (χ1v) is 5.62. The summed E-state index contributed by atoms with van der Waals surface area (Å²) in [6, 6.07) is 7.71. The number of hydrogen-bond acceptors (Lipinski definition) is 3. The van der Waals surface area contributed by atoms with E-state index in [1.165, 1.54) is 5.71 Å². The van der Waals surface area contributed by atoms with Crippen molar-refractivity contribution in [3.63, 3.8) is 0 Å². The minimum absolute atomic E-state index is 0.0966. The molecule has 0 aliphatic carbocycles. The molecule has 1 heterocycles. The summed E-state index contributed by atoms with van der Waals surface area (Å²) >= 11 is 0. The Morgan fingerprint density at radius 1 is 1.31 bits per heavy atom. The number of anilines is 1. The fourth-order valence-corrected chi connectivity index (χ4v) is 1.93. The van der Waals surface area contributed by atoms with E-state index in [4.69, 9.17) is 10.5 Å². The molecule has 2 rings (SSSR count). The van der Waals surface area contributed by atoms with Crippen LogP contribution in [0.1, 0.15) is 26.7 Å².